The van der Waals surface area contributed by atoms with Crippen molar-refractivity contribution in [2.75, 3.05) is 14.1 Å². The fraction of sp³-hybridized carbons (Fsp3) is 0.333. The first-order valence-electron chi connectivity index (χ1n) is 3.99. The van der Waals surface area contributed by atoms with Crippen LogP contribution in [0.1, 0.15) is 6.42 Å². The Morgan fingerprint density at radius 3 is 2.71 bits per heavy atom. The van der Waals surface area contributed by atoms with Crippen molar-refractivity contribution in [3.05, 3.63) is 23.7 Å². The molecule has 0 aromatic rings. The van der Waals surface area contributed by atoms with E-state index in [1.165, 1.54) is 12.2 Å². The summed E-state index contributed by atoms with van der Waals surface area (Å²) in [6.07, 6.45) is 2.24. The molecule has 1 rings (SSSR count). The second-order valence-corrected chi connectivity index (χ2v) is 3.36. The molecule has 0 saturated heterocycles. The number of rotatable bonds is 1. The van der Waals surface area contributed by atoms with Gasteiger partial charge in [0.2, 0.25) is 5.78 Å². The minimum Gasteiger partial charge on any atom is -0.428 e. The number of Topliss-reactive ketones (excluding diaryl/α,β-unsaturated/α-hetero) is 1. The van der Waals surface area contributed by atoms with Gasteiger partial charge in [0.15, 0.2) is 5.76 Å². The van der Waals surface area contributed by atoms with E-state index in [-0.39, 0.29) is 17.4 Å². The Bertz CT molecular complexity index is 334. The van der Waals surface area contributed by atoms with Gasteiger partial charge in [-0.05, 0) is 24.4 Å². The number of hydrogen-bond acceptors (Lipinski definition) is 3. The van der Waals surface area contributed by atoms with Crippen molar-refractivity contribution < 1.29 is 13.9 Å². The number of nitrogens with zero attached hydrogens (tertiary/aromatic N) is 1. The van der Waals surface area contributed by atoms with Gasteiger partial charge in [0.1, 0.15) is 5.83 Å². The van der Waals surface area contributed by atoms with Gasteiger partial charge in [-0.25, -0.2) is 4.39 Å². The number of ether oxygens (including phenoxy) is 1. The van der Waals surface area contributed by atoms with Crippen LogP contribution in [0.25, 0.3) is 0 Å². The van der Waals surface area contributed by atoms with Crippen LogP contribution in [0.2, 0.25) is 0 Å². The predicted molar refractivity (Wildman–Crippen MR) is 54.3 cm³/mol. The smallest absolute Gasteiger partial charge is 0.264 e. The van der Waals surface area contributed by atoms with Gasteiger partial charge in [0, 0.05) is 14.1 Å². The third kappa shape index (κ3) is 2.63. The molecule has 0 N–H and O–H groups in total. The number of thiocarbonyl (C=S) groups is 1. The lowest BCUT2D eigenvalue weighted by molar-refractivity contribution is -0.117. The minimum atomic E-state index is -0.460. The Balaban J connectivity index is 2.70. The topological polar surface area (TPSA) is 29.5 Å². The first kappa shape index (κ1) is 10.8. The maximum absolute atomic E-state index is 12.6. The average molecular weight is 215 g/mol. The maximum Gasteiger partial charge on any atom is 0.264 e. The molecule has 0 aliphatic heterocycles. The number of allylic oxidation sites excluding steroid dienone is 4. The van der Waals surface area contributed by atoms with E-state index in [4.69, 9.17) is 17.0 Å². The molecular formula is C9H10FNO2S. The predicted octanol–water partition coefficient (Wildman–Crippen LogP) is 1.56. The van der Waals surface area contributed by atoms with E-state index in [2.05, 4.69) is 0 Å². The third-order valence-corrected chi connectivity index (χ3v) is 2.03. The SMILES string of the molecule is CN(C)C(=S)OC1=CC=C(F)CC1=O. The molecule has 0 radical (unpaired) electrons. The second-order valence-electron chi connectivity index (χ2n) is 3.01. The van der Waals surface area contributed by atoms with Crippen LogP contribution in [0.3, 0.4) is 0 Å². The molecule has 76 valence electrons. The Labute approximate surface area is 86.8 Å². The van der Waals surface area contributed by atoms with Crippen LogP contribution in [0.4, 0.5) is 4.39 Å². The minimum absolute atomic E-state index is 0.0881. The van der Waals surface area contributed by atoms with Crippen molar-refractivity contribution in [3.63, 3.8) is 0 Å². The van der Waals surface area contributed by atoms with Gasteiger partial charge < -0.3 is 9.64 Å². The molecular weight excluding hydrogens is 205 g/mol. The maximum atomic E-state index is 12.6. The fourth-order valence-electron chi connectivity index (χ4n) is 0.835. The number of hydrogen-bond donors (Lipinski definition) is 0. The molecule has 0 heterocycles. The summed E-state index contributed by atoms with van der Waals surface area (Å²) in [5, 5.41) is 0.181. The molecule has 3 nitrogen and oxygen atoms in total. The van der Waals surface area contributed by atoms with Gasteiger partial charge in [0.25, 0.3) is 5.17 Å². The van der Waals surface area contributed by atoms with Gasteiger partial charge in [-0.2, -0.15) is 0 Å². The molecule has 0 unspecified atom stereocenters. The van der Waals surface area contributed by atoms with Crippen molar-refractivity contribution in [2.45, 2.75) is 6.42 Å². The highest BCUT2D eigenvalue weighted by Crippen LogP contribution is 2.17. The lowest BCUT2D eigenvalue weighted by Gasteiger charge is -2.16. The van der Waals surface area contributed by atoms with Crippen LogP contribution in [0.15, 0.2) is 23.7 Å². The van der Waals surface area contributed by atoms with Crippen LogP contribution < -0.4 is 0 Å². The highest BCUT2D eigenvalue weighted by molar-refractivity contribution is 7.80. The number of halogens is 1. The molecule has 1 aliphatic carbocycles. The number of ketones is 1. The van der Waals surface area contributed by atoms with Crippen molar-refractivity contribution in [3.8, 4) is 0 Å². The first-order valence-corrected chi connectivity index (χ1v) is 4.40. The normalized spacial score (nSPS) is 15.8. The summed E-state index contributed by atoms with van der Waals surface area (Å²) in [6, 6.07) is 0. The van der Waals surface area contributed by atoms with E-state index in [0.29, 0.717) is 0 Å². The fourth-order valence-corrected chi connectivity index (χ4v) is 0.925. The summed E-state index contributed by atoms with van der Waals surface area (Å²) in [5.74, 6) is -0.766. The quantitative estimate of drug-likeness (QED) is 0.621. The average Bonchev–Trinajstić information content (AvgIpc) is 2.09. The summed E-state index contributed by atoms with van der Waals surface area (Å²) in [6.45, 7) is 0. The summed E-state index contributed by atoms with van der Waals surface area (Å²) in [7, 11) is 3.40. The van der Waals surface area contributed by atoms with Crippen molar-refractivity contribution in [1.29, 1.82) is 0 Å². The zero-order chi connectivity index (χ0) is 10.7. The molecule has 0 fully saturated rings. The molecule has 0 bridgehead atoms. The molecule has 0 spiro atoms. The Hall–Kier alpha value is -1.23. The van der Waals surface area contributed by atoms with Crippen molar-refractivity contribution >= 4 is 23.2 Å². The monoisotopic (exact) mass is 215 g/mol. The van der Waals surface area contributed by atoms with Crippen LogP contribution >= 0.6 is 12.2 Å². The van der Waals surface area contributed by atoms with Crippen molar-refractivity contribution in [2.24, 2.45) is 0 Å². The van der Waals surface area contributed by atoms with E-state index in [0.717, 1.165) is 0 Å². The van der Waals surface area contributed by atoms with Crippen LogP contribution in [0.5, 0.6) is 0 Å². The Morgan fingerprint density at radius 2 is 2.21 bits per heavy atom. The zero-order valence-corrected chi connectivity index (χ0v) is 8.73. The highest BCUT2D eigenvalue weighted by atomic mass is 32.1. The lowest BCUT2D eigenvalue weighted by atomic mass is 10.1. The highest BCUT2D eigenvalue weighted by Gasteiger charge is 2.18. The second kappa shape index (κ2) is 4.32. The van der Waals surface area contributed by atoms with E-state index < -0.39 is 11.6 Å². The van der Waals surface area contributed by atoms with Gasteiger partial charge in [-0.15, -0.1) is 0 Å². The van der Waals surface area contributed by atoms with Gasteiger partial charge in [-0.3, -0.25) is 4.79 Å². The van der Waals surface area contributed by atoms with Crippen LogP contribution in [-0.2, 0) is 9.53 Å². The standard InChI is InChI=1S/C9H10FNO2S/c1-11(2)9(14)13-8-4-3-6(10)5-7(8)12/h3-4H,5H2,1-2H3. The summed E-state index contributed by atoms with van der Waals surface area (Å²) < 4.78 is 17.7. The molecule has 14 heavy (non-hydrogen) atoms. The molecule has 0 atom stereocenters. The Kier molecular flexibility index (Phi) is 3.35. The van der Waals surface area contributed by atoms with Crippen LogP contribution in [-0.4, -0.2) is 30.0 Å². The van der Waals surface area contributed by atoms with E-state index >= 15 is 0 Å². The van der Waals surface area contributed by atoms with Gasteiger partial charge in [0.05, 0.1) is 6.42 Å². The molecule has 0 aromatic heterocycles. The lowest BCUT2D eigenvalue weighted by Crippen LogP contribution is -2.24. The molecule has 0 amide bonds. The molecule has 0 aromatic carbocycles. The van der Waals surface area contributed by atoms with Crippen molar-refractivity contribution in [1.82, 2.24) is 4.90 Å². The molecule has 5 heteroatoms. The van der Waals surface area contributed by atoms with E-state index in [1.54, 1.807) is 19.0 Å². The van der Waals surface area contributed by atoms with E-state index in [9.17, 15) is 9.18 Å². The summed E-state index contributed by atoms with van der Waals surface area (Å²) >= 11 is 4.84. The largest absolute Gasteiger partial charge is 0.428 e. The van der Waals surface area contributed by atoms with E-state index in [1.807, 2.05) is 0 Å². The Morgan fingerprint density at radius 1 is 1.57 bits per heavy atom. The van der Waals surface area contributed by atoms with Gasteiger partial charge in [-0.1, -0.05) is 0 Å². The summed E-state index contributed by atoms with van der Waals surface area (Å²) in [4.78, 5) is 12.8. The molecule has 1 aliphatic rings. The number of carbonyl (C=O) groups excluding carboxylic acids is 1. The van der Waals surface area contributed by atoms with Crippen LogP contribution in [0, 0.1) is 0 Å². The van der Waals surface area contributed by atoms with Gasteiger partial charge >= 0.3 is 0 Å². The zero-order valence-electron chi connectivity index (χ0n) is 7.91. The third-order valence-electron chi connectivity index (χ3n) is 1.58. The summed E-state index contributed by atoms with van der Waals surface area (Å²) in [5.41, 5.74) is 0. The first-order chi connectivity index (χ1) is 6.50. The number of carbonyl (C=O) groups is 1. The molecule has 0 saturated carbocycles.